The molecule has 1 aliphatic rings. The second-order valence-electron chi connectivity index (χ2n) is 6.06. The summed E-state index contributed by atoms with van der Waals surface area (Å²) in [5.74, 6) is -1.18. The Morgan fingerprint density at radius 3 is 2.28 bits per heavy atom. The Morgan fingerprint density at radius 1 is 1.24 bits per heavy atom. The number of rotatable bonds is 6. The molecule has 138 valence electrons. The molecule has 0 saturated carbocycles. The molecule has 1 aromatic carbocycles. The molecule has 0 aromatic heterocycles. The van der Waals surface area contributed by atoms with Gasteiger partial charge in [0.2, 0.25) is 0 Å². The smallest absolute Gasteiger partial charge is 0.184 e. The van der Waals surface area contributed by atoms with Crippen LogP contribution in [0, 0.1) is 11.6 Å². The van der Waals surface area contributed by atoms with Crippen molar-refractivity contribution >= 4 is 29.2 Å². The fourth-order valence-corrected chi connectivity index (χ4v) is 3.30. The number of hydrogen-bond donors (Lipinski definition) is 2. The maximum absolute atomic E-state index is 14.4. The van der Waals surface area contributed by atoms with E-state index in [2.05, 4.69) is 41.5 Å². The third-order valence-corrected chi connectivity index (χ3v) is 4.61. The Balaban J connectivity index is 2.08. The molecule has 0 amide bonds. The first kappa shape index (κ1) is 19.5. The van der Waals surface area contributed by atoms with Crippen molar-refractivity contribution in [2.45, 2.75) is 32.7 Å². The van der Waals surface area contributed by atoms with Gasteiger partial charge in [-0.1, -0.05) is 13.8 Å². The average molecular weight is 369 g/mol. The van der Waals surface area contributed by atoms with Crippen molar-refractivity contribution in [2.24, 2.45) is 10.8 Å². The highest BCUT2D eigenvalue weighted by atomic mass is 32.1. The van der Waals surface area contributed by atoms with Crippen molar-refractivity contribution in [1.29, 1.82) is 0 Å². The monoisotopic (exact) mass is 369 g/mol. The van der Waals surface area contributed by atoms with Gasteiger partial charge in [0.25, 0.3) is 0 Å². The van der Waals surface area contributed by atoms with Gasteiger partial charge in [-0.2, -0.15) is 5.10 Å². The SMILES string of the molecule is CCC(CC)N1CCN(c2c(F)cc(/C=N/NC(N)=S)cc2F)CC1. The zero-order valence-electron chi connectivity index (χ0n) is 14.6. The molecule has 1 aliphatic heterocycles. The number of nitrogens with zero attached hydrogens (tertiary/aromatic N) is 3. The van der Waals surface area contributed by atoms with Gasteiger partial charge in [0, 0.05) is 37.8 Å². The Hall–Kier alpha value is -1.80. The maximum Gasteiger partial charge on any atom is 0.184 e. The van der Waals surface area contributed by atoms with E-state index < -0.39 is 11.6 Å². The van der Waals surface area contributed by atoms with Crippen LogP contribution >= 0.6 is 12.2 Å². The maximum atomic E-state index is 14.4. The molecule has 0 spiro atoms. The van der Waals surface area contributed by atoms with E-state index in [0.29, 0.717) is 24.7 Å². The molecule has 0 bridgehead atoms. The van der Waals surface area contributed by atoms with Gasteiger partial charge in [0.15, 0.2) is 5.11 Å². The van der Waals surface area contributed by atoms with Gasteiger partial charge >= 0.3 is 0 Å². The fourth-order valence-electron chi connectivity index (χ4n) is 3.25. The third-order valence-electron chi connectivity index (χ3n) is 4.52. The van der Waals surface area contributed by atoms with Gasteiger partial charge in [0.05, 0.1) is 6.21 Å². The second-order valence-corrected chi connectivity index (χ2v) is 6.50. The number of nitrogens with one attached hydrogen (secondary N) is 1. The van der Waals surface area contributed by atoms with Crippen LogP contribution in [0.5, 0.6) is 0 Å². The molecule has 1 heterocycles. The lowest BCUT2D eigenvalue weighted by molar-refractivity contribution is 0.175. The molecule has 25 heavy (non-hydrogen) atoms. The van der Waals surface area contributed by atoms with Crippen LogP contribution in [-0.4, -0.2) is 48.4 Å². The summed E-state index contributed by atoms with van der Waals surface area (Å²) in [6.45, 7) is 7.19. The van der Waals surface area contributed by atoms with Crippen LogP contribution in [0.3, 0.4) is 0 Å². The number of halogens is 2. The van der Waals surface area contributed by atoms with Crippen molar-refractivity contribution < 1.29 is 8.78 Å². The van der Waals surface area contributed by atoms with Gasteiger partial charge < -0.3 is 10.6 Å². The first-order valence-electron chi connectivity index (χ1n) is 8.52. The number of piperazine rings is 1. The van der Waals surface area contributed by atoms with E-state index in [0.717, 1.165) is 25.9 Å². The van der Waals surface area contributed by atoms with E-state index in [1.807, 2.05) is 0 Å². The molecule has 5 nitrogen and oxygen atoms in total. The van der Waals surface area contributed by atoms with Crippen molar-refractivity contribution in [3.8, 4) is 0 Å². The van der Waals surface area contributed by atoms with Gasteiger partial charge in [0.1, 0.15) is 17.3 Å². The van der Waals surface area contributed by atoms with Crippen LogP contribution < -0.4 is 16.1 Å². The summed E-state index contributed by atoms with van der Waals surface area (Å²) in [6.07, 6.45) is 3.46. The molecule has 0 atom stereocenters. The van der Waals surface area contributed by atoms with E-state index in [4.69, 9.17) is 5.73 Å². The highest BCUT2D eigenvalue weighted by Gasteiger charge is 2.25. The quantitative estimate of drug-likeness (QED) is 0.458. The molecular weight excluding hydrogens is 344 g/mol. The van der Waals surface area contributed by atoms with Crippen LogP contribution in [0.25, 0.3) is 0 Å². The van der Waals surface area contributed by atoms with Gasteiger partial charge in [-0.3, -0.25) is 10.3 Å². The molecule has 0 unspecified atom stereocenters. The summed E-state index contributed by atoms with van der Waals surface area (Å²) >= 11 is 4.61. The number of anilines is 1. The summed E-state index contributed by atoms with van der Waals surface area (Å²) in [7, 11) is 0. The minimum Gasteiger partial charge on any atom is -0.375 e. The Morgan fingerprint density at radius 2 is 1.80 bits per heavy atom. The molecule has 0 radical (unpaired) electrons. The highest BCUT2D eigenvalue weighted by Crippen LogP contribution is 2.26. The summed E-state index contributed by atoms with van der Waals surface area (Å²) in [5.41, 5.74) is 7.93. The van der Waals surface area contributed by atoms with E-state index in [9.17, 15) is 8.78 Å². The zero-order chi connectivity index (χ0) is 18.4. The lowest BCUT2D eigenvalue weighted by atomic mass is 10.1. The van der Waals surface area contributed by atoms with Crippen LogP contribution in [0.15, 0.2) is 17.2 Å². The lowest BCUT2D eigenvalue weighted by Crippen LogP contribution is -2.50. The number of benzene rings is 1. The molecule has 1 fully saturated rings. The first-order chi connectivity index (χ1) is 12.0. The van der Waals surface area contributed by atoms with Crippen LogP contribution in [0.1, 0.15) is 32.3 Å². The summed E-state index contributed by atoms with van der Waals surface area (Å²) in [5, 5.41) is 3.71. The topological polar surface area (TPSA) is 56.9 Å². The molecule has 1 saturated heterocycles. The third kappa shape index (κ3) is 5.09. The number of thiocarbonyl (C=S) groups is 1. The predicted octanol–water partition coefficient (Wildman–Crippen LogP) is 2.44. The fraction of sp³-hybridized carbons (Fsp3) is 0.529. The van der Waals surface area contributed by atoms with E-state index in [1.54, 1.807) is 4.90 Å². The minimum absolute atomic E-state index is 0.0100. The van der Waals surface area contributed by atoms with Crippen molar-refractivity contribution in [3.63, 3.8) is 0 Å². The normalized spacial score (nSPS) is 16.0. The van der Waals surface area contributed by atoms with E-state index in [1.165, 1.54) is 18.3 Å². The largest absolute Gasteiger partial charge is 0.375 e. The predicted molar refractivity (Wildman–Crippen MR) is 102 cm³/mol. The lowest BCUT2D eigenvalue weighted by Gasteiger charge is -2.40. The second kappa shape index (κ2) is 9.05. The van der Waals surface area contributed by atoms with Crippen LogP contribution in [0.2, 0.25) is 0 Å². The first-order valence-corrected chi connectivity index (χ1v) is 8.93. The number of nitrogens with two attached hydrogens (primary N) is 1. The average Bonchev–Trinajstić information content (AvgIpc) is 2.56. The standard InChI is InChI=1S/C17H25F2N5S/c1-3-13(4-2)23-5-7-24(8-6-23)16-14(18)9-12(10-15(16)19)11-21-22-17(20)25/h9-11,13H,3-8H2,1-2H3,(H3,20,22,25)/b21-11+. The highest BCUT2D eigenvalue weighted by molar-refractivity contribution is 7.80. The number of hydrazone groups is 1. The van der Waals surface area contributed by atoms with Crippen molar-refractivity contribution in [2.75, 3.05) is 31.1 Å². The Bertz CT molecular complexity index is 602. The van der Waals surface area contributed by atoms with E-state index >= 15 is 0 Å². The minimum atomic E-state index is -0.590. The molecule has 3 N–H and O–H groups in total. The summed E-state index contributed by atoms with van der Waals surface area (Å²) < 4.78 is 28.9. The summed E-state index contributed by atoms with van der Waals surface area (Å²) in [6, 6.07) is 3.06. The van der Waals surface area contributed by atoms with Crippen LogP contribution in [-0.2, 0) is 0 Å². The molecule has 1 aromatic rings. The molecule has 2 rings (SSSR count). The van der Waals surface area contributed by atoms with Gasteiger partial charge in [-0.15, -0.1) is 0 Å². The molecule has 0 aliphatic carbocycles. The van der Waals surface area contributed by atoms with Crippen LogP contribution in [0.4, 0.5) is 14.5 Å². The van der Waals surface area contributed by atoms with Crippen molar-refractivity contribution in [1.82, 2.24) is 10.3 Å². The van der Waals surface area contributed by atoms with E-state index in [-0.39, 0.29) is 10.8 Å². The van der Waals surface area contributed by atoms with Crippen molar-refractivity contribution in [3.05, 3.63) is 29.3 Å². The molecule has 8 heteroatoms. The summed E-state index contributed by atoms with van der Waals surface area (Å²) in [4.78, 5) is 4.17. The number of hydrogen-bond acceptors (Lipinski definition) is 4. The zero-order valence-corrected chi connectivity index (χ0v) is 15.5. The van der Waals surface area contributed by atoms with Gasteiger partial charge in [-0.25, -0.2) is 8.78 Å². The molecular formula is C17H25F2N5S. The Kier molecular flexibility index (Phi) is 7.07. The van der Waals surface area contributed by atoms with Gasteiger partial charge in [-0.05, 0) is 37.2 Å². The Labute approximate surface area is 152 Å².